The Bertz CT molecular complexity index is 349. The third-order valence-corrected chi connectivity index (χ3v) is 3.75. The van der Waals surface area contributed by atoms with E-state index < -0.39 is 4.33 Å². The molecule has 0 aromatic carbocycles. The SMILES string of the molecule is NCCCCC(CC(Cl)(Cl)CN)C1=CC=CC=CN1. The first-order valence-electron chi connectivity index (χ1n) is 6.67. The minimum atomic E-state index is -0.879. The lowest BCUT2D eigenvalue weighted by Crippen LogP contribution is -2.30. The van der Waals surface area contributed by atoms with Crippen molar-refractivity contribution in [1.29, 1.82) is 0 Å². The van der Waals surface area contributed by atoms with Gasteiger partial charge in [-0.15, -0.1) is 23.2 Å². The molecule has 1 atom stereocenters. The van der Waals surface area contributed by atoms with Gasteiger partial charge in [0, 0.05) is 24.4 Å². The van der Waals surface area contributed by atoms with Crippen molar-refractivity contribution in [2.75, 3.05) is 13.1 Å². The van der Waals surface area contributed by atoms with Crippen LogP contribution < -0.4 is 16.8 Å². The Balaban J connectivity index is 2.70. The number of hydrogen-bond acceptors (Lipinski definition) is 3. The van der Waals surface area contributed by atoms with Crippen LogP contribution in [0.4, 0.5) is 0 Å². The molecule has 0 amide bonds. The first-order chi connectivity index (χ1) is 9.09. The molecular weight excluding hydrogens is 281 g/mol. The van der Waals surface area contributed by atoms with Crippen LogP contribution in [0.5, 0.6) is 0 Å². The summed E-state index contributed by atoms with van der Waals surface area (Å²) >= 11 is 12.4. The average Bonchev–Trinajstić information content (AvgIpc) is 2.66. The molecule has 108 valence electrons. The van der Waals surface area contributed by atoms with Gasteiger partial charge in [-0.2, -0.15) is 0 Å². The Morgan fingerprint density at radius 2 is 1.95 bits per heavy atom. The molecule has 0 aliphatic carbocycles. The Hall–Kier alpha value is -0.480. The second-order valence-corrected chi connectivity index (χ2v) is 6.40. The van der Waals surface area contributed by atoms with Crippen molar-refractivity contribution in [2.24, 2.45) is 17.4 Å². The third kappa shape index (κ3) is 6.48. The maximum atomic E-state index is 6.21. The van der Waals surface area contributed by atoms with Gasteiger partial charge in [-0.1, -0.05) is 18.6 Å². The van der Waals surface area contributed by atoms with Crippen molar-refractivity contribution in [2.45, 2.75) is 30.0 Å². The van der Waals surface area contributed by atoms with E-state index in [-0.39, 0.29) is 12.5 Å². The average molecular weight is 304 g/mol. The number of alkyl halides is 2. The molecule has 1 unspecified atom stereocenters. The summed E-state index contributed by atoms with van der Waals surface area (Å²) in [5.41, 5.74) is 12.3. The van der Waals surface area contributed by atoms with Crippen LogP contribution in [-0.4, -0.2) is 17.4 Å². The minimum absolute atomic E-state index is 0.252. The van der Waals surface area contributed by atoms with Gasteiger partial charge in [-0.05, 0) is 38.0 Å². The van der Waals surface area contributed by atoms with Crippen LogP contribution in [0.3, 0.4) is 0 Å². The number of rotatable bonds is 8. The molecule has 19 heavy (non-hydrogen) atoms. The summed E-state index contributed by atoms with van der Waals surface area (Å²) in [4.78, 5) is 0. The zero-order valence-corrected chi connectivity index (χ0v) is 12.6. The molecule has 0 spiro atoms. The van der Waals surface area contributed by atoms with Crippen LogP contribution >= 0.6 is 23.2 Å². The van der Waals surface area contributed by atoms with E-state index in [1.165, 1.54) is 0 Å². The number of allylic oxidation sites excluding steroid dienone is 5. The van der Waals surface area contributed by atoms with Crippen LogP contribution in [0.2, 0.25) is 0 Å². The highest BCUT2D eigenvalue weighted by Gasteiger charge is 2.28. The van der Waals surface area contributed by atoms with E-state index in [0.29, 0.717) is 13.0 Å². The van der Waals surface area contributed by atoms with Gasteiger partial charge in [0.1, 0.15) is 4.33 Å². The highest BCUT2D eigenvalue weighted by Crippen LogP contribution is 2.33. The molecule has 5 N–H and O–H groups in total. The summed E-state index contributed by atoms with van der Waals surface area (Å²) in [6, 6.07) is 0. The molecule has 3 nitrogen and oxygen atoms in total. The zero-order valence-electron chi connectivity index (χ0n) is 11.1. The fourth-order valence-electron chi connectivity index (χ4n) is 2.07. The lowest BCUT2D eigenvalue weighted by atomic mass is 9.92. The van der Waals surface area contributed by atoms with Crippen molar-refractivity contribution in [1.82, 2.24) is 5.32 Å². The molecule has 0 fully saturated rings. The van der Waals surface area contributed by atoms with Crippen molar-refractivity contribution in [3.8, 4) is 0 Å². The summed E-state index contributed by atoms with van der Waals surface area (Å²) < 4.78 is -0.879. The second-order valence-electron chi connectivity index (χ2n) is 4.76. The molecule has 1 rings (SSSR count). The van der Waals surface area contributed by atoms with Crippen LogP contribution in [0.25, 0.3) is 0 Å². The smallest absolute Gasteiger partial charge is 0.131 e. The fourth-order valence-corrected chi connectivity index (χ4v) is 2.44. The molecule has 0 aromatic rings. The largest absolute Gasteiger partial charge is 0.365 e. The number of halogens is 2. The Morgan fingerprint density at radius 1 is 1.16 bits per heavy atom. The molecule has 0 saturated carbocycles. The molecule has 1 aliphatic rings. The summed E-state index contributed by atoms with van der Waals surface area (Å²) in [6.45, 7) is 0.964. The molecule has 0 aromatic heterocycles. The van der Waals surface area contributed by atoms with Crippen molar-refractivity contribution < 1.29 is 0 Å². The van der Waals surface area contributed by atoms with E-state index in [4.69, 9.17) is 34.7 Å². The predicted molar refractivity (Wildman–Crippen MR) is 84.0 cm³/mol. The fraction of sp³-hybridized carbons (Fsp3) is 0.571. The minimum Gasteiger partial charge on any atom is -0.365 e. The topological polar surface area (TPSA) is 64.1 Å². The van der Waals surface area contributed by atoms with E-state index in [1.54, 1.807) is 0 Å². The van der Waals surface area contributed by atoms with E-state index in [0.717, 1.165) is 25.0 Å². The van der Waals surface area contributed by atoms with Gasteiger partial charge in [-0.25, -0.2) is 0 Å². The number of hydrogen-bond donors (Lipinski definition) is 3. The van der Waals surface area contributed by atoms with Crippen LogP contribution in [0.1, 0.15) is 25.7 Å². The molecular formula is C14H23Cl2N3. The van der Waals surface area contributed by atoms with Gasteiger partial charge in [-0.3, -0.25) is 0 Å². The lowest BCUT2D eigenvalue weighted by molar-refractivity contribution is 0.451. The summed E-state index contributed by atoms with van der Waals surface area (Å²) in [5.74, 6) is 0.262. The molecule has 0 saturated heterocycles. The molecule has 1 aliphatic heterocycles. The van der Waals surface area contributed by atoms with Crippen LogP contribution in [0.15, 0.2) is 36.2 Å². The predicted octanol–water partition coefficient (Wildman–Crippen LogP) is 2.81. The van der Waals surface area contributed by atoms with Gasteiger partial charge in [0.2, 0.25) is 0 Å². The van der Waals surface area contributed by atoms with E-state index in [9.17, 15) is 0 Å². The Morgan fingerprint density at radius 3 is 2.63 bits per heavy atom. The summed E-state index contributed by atoms with van der Waals surface area (Å²) in [5, 5.41) is 3.28. The first kappa shape index (κ1) is 16.6. The van der Waals surface area contributed by atoms with Crippen molar-refractivity contribution in [3.05, 3.63) is 36.2 Å². The van der Waals surface area contributed by atoms with Gasteiger partial charge in [0.25, 0.3) is 0 Å². The Kier molecular flexibility index (Phi) is 7.54. The van der Waals surface area contributed by atoms with E-state index in [2.05, 4.69) is 11.4 Å². The standard InChI is InChI=1S/C14H23Cl2N3/c15-14(16,11-18)10-12(6-3-4-8-17)13-7-2-1-5-9-19-13/h1-2,5,7,9,12,19H,3-4,6,8,10-11,17-18H2. The second kappa shape index (κ2) is 8.64. The normalized spacial score (nSPS) is 16.7. The van der Waals surface area contributed by atoms with E-state index >= 15 is 0 Å². The number of nitrogens with two attached hydrogens (primary N) is 2. The highest BCUT2D eigenvalue weighted by molar-refractivity contribution is 6.48. The van der Waals surface area contributed by atoms with Gasteiger partial charge in [0.15, 0.2) is 0 Å². The monoisotopic (exact) mass is 303 g/mol. The van der Waals surface area contributed by atoms with Crippen LogP contribution in [0, 0.1) is 5.92 Å². The van der Waals surface area contributed by atoms with Crippen molar-refractivity contribution >= 4 is 23.2 Å². The Labute approximate surface area is 125 Å². The van der Waals surface area contributed by atoms with Gasteiger partial charge < -0.3 is 16.8 Å². The quantitative estimate of drug-likeness (QED) is 0.477. The summed E-state index contributed by atoms with van der Waals surface area (Å²) in [7, 11) is 0. The molecule has 0 bridgehead atoms. The molecule has 5 heteroatoms. The van der Waals surface area contributed by atoms with Gasteiger partial charge >= 0.3 is 0 Å². The third-order valence-electron chi connectivity index (χ3n) is 3.13. The lowest BCUT2D eigenvalue weighted by Gasteiger charge is -2.26. The zero-order chi connectivity index (χ0) is 14.1. The van der Waals surface area contributed by atoms with Crippen LogP contribution in [-0.2, 0) is 0 Å². The highest BCUT2D eigenvalue weighted by atomic mass is 35.5. The van der Waals surface area contributed by atoms with Gasteiger partial charge in [0.05, 0.1) is 0 Å². The maximum Gasteiger partial charge on any atom is 0.131 e. The summed E-state index contributed by atoms with van der Waals surface area (Å²) in [6.07, 6.45) is 13.6. The molecule has 0 radical (unpaired) electrons. The molecule has 1 heterocycles. The van der Waals surface area contributed by atoms with Crippen molar-refractivity contribution in [3.63, 3.8) is 0 Å². The maximum absolute atomic E-state index is 6.21. The number of nitrogens with one attached hydrogen (secondary N) is 1. The van der Waals surface area contributed by atoms with E-state index in [1.807, 2.05) is 24.4 Å². The number of unbranched alkanes of at least 4 members (excludes halogenated alkanes) is 1. The first-order valence-corrected chi connectivity index (χ1v) is 7.42.